The molecule has 0 spiro atoms. The third kappa shape index (κ3) is 7.14. The van der Waals surface area contributed by atoms with E-state index >= 15 is 0 Å². The van der Waals surface area contributed by atoms with Gasteiger partial charge in [-0.2, -0.15) is 0 Å². The van der Waals surface area contributed by atoms with E-state index in [2.05, 4.69) is 16.0 Å². The summed E-state index contributed by atoms with van der Waals surface area (Å²) in [5.41, 5.74) is 3.45. The first-order valence-electron chi connectivity index (χ1n) is 10.0. The van der Waals surface area contributed by atoms with Crippen molar-refractivity contribution in [2.75, 3.05) is 16.0 Å². The van der Waals surface area contributed by atoms with Gasteiger partial charge >= 0.3 is 0 Å². The van der Waals surface area contributed by atoms with Crippen LogP contribution in [0.1, 0.15) is 18.9 Å². The fourth-order valence-electron chi connectivity index (χ4n) is 2.87. The summed E-state index contributed by atoms with van der Waals surface area (Å²) in [7, 11) is 0. The lowest BCUT2D eigenvalue weighted by atomic mass is 10.2. The van der Waals surface area contributed by atoms with Crippen LogP contribution >= 0.6 is 47.2 Å². The Bertz CT molecular complexity index is 1110. The van der Waals surface area contributed by atoms with E-state index in [1.807, 2.05) is 62.4 Å². The van der Waals surface area contributed by atoms with Gasteiger partial charge in [0.25, 0.3) is 0 Å². The normalized spacial score (nSPS) is 11.5. The van der Waals surface area contributed by atoms with Crippen LogP contribution in [-0.2, 0) is 4.79 Å². The van der Waals surface area contributed by atoms with E-state index in [9.17, 15) is 4.79 Å². The summed E-state index contributed by atoms with van der Waals surface area (Å²) in [6, 6.07) is 20.8. The topological polar surface area (TPSA) is 53.2 Å². The van der Waals surface area contributed by atoms with E-state index in [0.29, 0.717) is 27.3 Å². The van der Waals surface area contributed by atoms with Gasteiger partial charge in [0.15, 0.2) is 5.11 Å². The number of amides is 1. The number of nitrogens with one attached hydrogen (secondary N) is 3. The number of thioether (sulfide) groups is 1. The van der Waals surface area contributed by atoms with E-state index in [1.54, 1.807) is 18.2 Å². The summed E-state index contributed by atoms with van der Waals surface area (Å²) in [5, 5.41) is 10.4. The summed E-state index contributed by atoms with van der Waals surface area (Å²) >= 11 is 19.1. The van der Waals surface area contributed by atoms with Crippen molar-refractivity contribution in [3.8, 4) is 0 Å². The van der Waals surface area contributed by atoms with Crippen LogP contribution in [0, 0.1) is 6.92 Å². The predicted octanol–water partition coefficient (Wildman–Crippen LogP) is 7.62. The maximum Gasteiger partial charge on any atom is 0.237 e. The zero-order valence-corrected chi connectivity index (χ0v) is 20.8. The number of carbonyl (C=O) groups excluding carboxylic acids is 1. The number of benzene rings is 3. The molecule has 166 valence electrons. The van der Waals surface area contributed by atoms with Gasteiger partial charge in [-0.1, -0.05) is 53.9 Å². The number of hydrogen-bond donors (Lipinski definition) is 3. The highest BCUT2D eigenvalue weighted by Crippen LogP contribution is 2.30. The van der Waals surface area contributed by atoms with Crippen molar-refractivity contribution in [1.82, 2.24) is 0 Å². The molecule has 0 aliphatic carbocycles. The Morgan fingerprint density at radius 3 is 2.41 bits per heavy atom. The first-order chi connectivity index (χ1) is 15.3. The average Bonchev–Trinajstić information content (AvgIpc) is 2.76. The van der Waals surface area contributed by atoms with Crippen molar-refractivity contribution in [3.63, 3.8) is 0 Å². The fraction of sp³-hybridized carbons (Fsp3) is 0.167. The van der Waals surface area contributed by atoms with Gasteiger partial charge in [-0.05, 0) is 74.1 Å². The smallest absolute Gasteiger partial charge is 0.237 e. The van der Waals surface area contributed by atoms with Crippen molar-refractivity contribution >= 4 is 75.3 Å². The molecule has 8 heteroatoms. The van der Waals surface area contributed by atoms with E-state index in [0.717, 1.165) is 16.3 Å². The van der Waals surface area contributed by atoms with Gasteiger partial charge in [0.05, 0.1) is 16.0 Å². The molecular weight excluding hydrogens is 481 g/mol. The molecule has 3 aromatic rings. The van der Waals surface area contributed by atoms with Crippen LogP contribution in [0.3, 0.4) is 0 Å². The number of carbonyl (C=O) groups is 1. The minimum absolute atomic E-state index is 0.128. The van der Waals surface area contributed by atoms with Crippen LogP contribution in [0.5, 0.6) is 0 Å². The van der Waals surface area contributed by atoms with Gasteiger partial charge in [-0.25, -0.2) is 0 Å². The Morgan fingerprint density at radius 2 is 1.69 bits per heavy atom. The maximum absolute atomic E-state index is 12.8. The van der Waals surface area contributed by atoms with Crippen molar-refractivity contribution in [1.29, 1.82) is 0 Å². The molecule has 1 amide bonds. The highest BCUT2D eigenvalue weighted by atomic mass is 35.5. The van der Waals surface area contributed by atoms with E-state index in [1.165, 1.54) is 17.3 Å². The number of thiocarbonyl (C=S) groups is 1. The minimum Gasteiger partial charge on any atom is -0.332 e. The highest BCUT2D eigenvalue weighted by molar-refractivity contribution is 8.00. The second kappa shape index (κ2) is 11.6. The van der Waals surface area contributed by atoms with Gasteiger partial charge in [0.1, 0.15) is 0 Å². The lowest BCUT2D eigenvalue weighted by Gasteiger charge is -2.16. The molecule has 0 saturated carbocycles. The Labute approximate surface area is 208 Å². The Hall–Kier alpha value is -2.25. The van der Waals surface area contributed by atoms with Crippen LogP contribution in [0.2, 0.25) is 10.0 Å². The first-order valence-corrected chi connectivity index (χ1v) is 12.1. The fourth-order valence-corrected chi connectivity index (χ4v) is 4.46. The van der Waals surface area contributed by atoms with Gasteiger partial charge < -0.3 is 16.0 Å². The molecule has 0 saturated heterocycles. The molecular formula is C24H23Cl2N3OS2. The van der Waals surface area contributed by atoms with Crippen molar-refractivity contribution in [3.05, 3.63) is 82.3 Å². The van der Waals surface area contributed by atoms with Gasteiger partial charge in [0.2, 0.25) is 5.91 Å². The summed E-state index contributed by atoms with van der Waals surface area (Å²) in [4.78, 5) is 13.8. The Balaban J connectivity index is 1.62. The number of anilines is 3. The molecule has 0 aliphatic heterocycles. The van der Waals surface area contributed by atoms with Gasteiger partial charge in [-0.15, -0.1) is 11.8 Å². The highest BCUT2D eigenvalue weighted by Gasteiger charge is 2.19. The second-order valence-electron chi connectivity index (χ2n) is 7.10. The lowest BCUT2D eigenvalue weighted by Crippen LogP contribution is -2.24. The molecule has 4 nitrogen and oxygen atoms in total. The Morgan fingerprint density at radius 1 is 0.969 bits per heavy atom. The third-order valence-corrected chi connectivity index (χ3v) is 6.66. The van der Waals surface area contributed by atoms with Crippen LogP contribution in [-0.4, -0.2) is 16.3 Å². The zero-order chi connectivity index (χ0) is 23.1. The minimum atomic E-state index is -0.294. The molecule has 1 unspecified atom stereocenters. The SMILES string of the molecule is CCC(Sc1cccc(NC(=S)Nc2ccc(C)cc2)c1)C(=O)Nc1cc(Cl)ccc1Cl. The average molecular weight is 505 g/mol. The summed E-state index contributed by atoms with van der Waals surface area (Å²) in [5.74, 6) is -0.128. The number of rotatable bonds is 7. The molecule has 1 atom stereocenters. The van der Waals surface area contributed by atoms with Crippen LogP contribution in [0.4, 0.5) is 17.1 Å². The molecule has 0 bridgehead atoms. The number of aryl methyl sites for hydroxylation is 1. The largest absolute Gasteiger partial charge is 0.332 e. The monoisotopic (exact) mass is 503 g/mol. The third-order valence-electron chi connectivity index (χ3n) is 4.53. The molecule has 0 radical (unpaired) electrons. The standard InChI is InChI=1S/C24H23Cl2N3OS2/c1-3-22(23(30)29-21-13-16(25)9-12-20(21)26)32-19-6-4-5-18(14-19)28-24(31)27-17-10-7-15(2)8-11-17/h4-14,22H,3H2,1-2H3,(H,29,30)(H2,27,28,31). The van der Waals surface area contributed by atoms with Gasteiger partial charge in [-0.3, -0.25) is 4.79 Å². The summed E-state index contributed by atoms with van der Waals surface area (Å²) in [6.07, 6.45) is 0.653. The van der Waals surface area contributed by atoms with E-state index < -0.39 is 0 Å². The van der Waals surface area contributed by atoms with Crippen LogP contribution in [0.15, 0.2) is 71.6 Å². The van der Waals surface area contributed by atoms with Gasteiger partial charge in [0, 0.05) is 21.3 Å². The lowest BCUT2D eigenvalue weighted by molar-refractivity contribution is -0.115. The molecule has 0 aliphatic rings. The number of hydrogen-bond acceptors (Lipinski definition) is 3. The van der Waals surface area contributed by atoms with Crippen molar-refractivity contribution < 1.29 is 4.79 Å². The quantitative estimate of drug-likeness (QED) is 0.228. The zero-order valence-electron chi connectivity index (χ0n) is 17.6. The molecule has 3 N–H and O–H groups in total. The summed E-state index contributed by atoms with van der Waals surface area (Å²) in [6.45, 7) is 4.01. The molecule has 0 heterocycles. The molecule has 0 fully saturated rings. The number of halogens is 2. The maximum atomic E-state index is 12.8. The van der Waals surface area contributed by atoms with Crippen molar-refractivity contribution in [2.24, 2.45) is 0 Å². The van der Waals surface area contributed by atoms with Crippen LogP contribution in [0.25, 0.3) is 0 Å². The molecule has 0 aromatic heterocycles. The van der Waals surface area contributed by atoms with Crippen LogP contribution < -0.4 is 16.0 Å². The summed E-state index contributed by atoms with van der Waals surface area (Å²) < 4.78 is 0. The Kier molecular flexibility index (Phi) is 8.82. The second-order valence-corrected chi connectivity index (χ2v) is 9.63. The molecule has 32 heavy (non-hydrogen) atoms. The molecule has 3 rings (SSSR count). The van der Waals surface area contributed by atoms with Crippen molar-refractivity contribution in [2.45, 2.75) is 30.4 Å². The van der Waals surface area contributed by atoms with E-state index in [-0.39, 0.29) is 11.2 Å². The van der Waals surface area contributed by atoms with E-state index in [4.69, 9.17) is 35.4 Å². The predicted molar refractivity (Wildman–Crippen MR) is 142 cm³/mol. The first kappa shape index (κ1) is 24.4. The molecule has 3 aromatic carbocycles.